The number of hydrogen-bond acceptors (Lipinski definition) is 4. The second-order valence-corrected chi connectivity index (χ2v) is 5.79. The van der Waals surface area contributed by atoms with Crippen LogP contribution in [0.3, 0.4) is 0 Å². The van der Waals surface area contributed by atoms with Gasteiger partial charge in [-0.05, 0) is 38.6 Å². The van der Waals surface area contributed by atoms with Crippen molar-refractivity contribution in [1.29, 1.82) is 0 Å². The highest BCUT2D eigenvalue weighted by atomic mass is 16.4. The highest BCUT2D eigenvalue weighted by Gasteiger charge is 2.28. The number of rotatable bonds is 4. The van der Waals surface area contributed by atoms with Crippen molar-refractivity contribution in [2.75, 3.05) is 27.2 Å². The summed E-state index contributed by atoms with van der Waals surface area (Å²) in [7, 11) is 4.13. The maximum atomic E-state index is 11.3. The number of pyridine rings is 1. The molecule has 0 spiro atoms. The standard InChI is InChI=1S/C15H23N3O2/c1-17(2)14-6-5-13(15(19)20)10-18(11-14)9-12-4-3-7-16-8-12/h3-4,7-8,13-14H,5-6,9-11H2,1-2H3,(H,19,20)/t13-,14+/m0/s1. The molecule has 110 valence electrons. The lowest BCUT2D eigenvalue weighted by atomic mass is 10.0. The lowest BCUT2D eigenvalue weighted by Crippen LogP contribution is -2.39. The first-order chi connectivity index (χ1) is 9.56. The Morgan fingerprint density at radius 1 is 1.45 bits per heavy atom. The molecule has 0 aromatic carbocycles. The van der Waals surface area contributed by atoms with E-state index < -0.39 is 5.97 Å². The predicted molar refractivity (Wildman–Crippen MR) is 77.3 cm³/mol. The quantitative estimate of drug-likeness (QED) is 0.899. The Balaban J connectivity index is 2.08. The number of likely N-dealkylation sites (N-methyl/N-ethyl adjacent to an activating group) is 1. The topological polar surface area (TPSA) is 56.7 Å². The van der Waals surface area contributed by atoms with Crippen molar-refractivity contribution in [1.82, 2.24) is 14.8 Å². The van der Waals surface area contributed by atoms with Gasteiger partial charge in [-0.1, -0.05) is 6.07 Å². The molecule has 1 saturated heterocycles. The number of carboxylic acids is 1. The molecule has 0 bridgehead atoms. The molecule has 1 fully saturated rings. The average Bonchev–Trinajstić information content (AvgIpc) is 2.63. The molecule has 5 heteroatoms. The first-order valence-corrected chi connectivity index (χ1v) is 7.06. The Hall–Kier alpha value is -1.46. The van der Waals surface area contributed by atoms with Gasteiger partial charge in [-0.25, -0.2) is 0 Å². The SMILES string of the molecule is CN(C)[C@@H]1CC[C@H](C(=O)O)CN(Cc2cccnc2)C1. The molecule has 20 heavy (non-hydrogen) atoms. The Morgan fingerprint density at radius 2 is 2.25 bits per heavy atom. The monoisotopic (exact) mass is 277 g/mol. The largest absolute Gasteiger partial charge is 0.481 e. The van der Waals surface area contributed by atoms with E-state index in [-0.39, 0.29) is 5.92 Å². The molecule has 0 aliphatic carbocycles. The van der Waals surface area contributed by atoms with E-state index in [1.54, 1.807) is 6.20 Å². The number of carboxylic acid groups (broad SMARTS) is 1. The van der Waals surface area contributed by atoms with E-state index in [1.807, 2.05) is 18.3 Å². The van der Waals surface area contributed by atoms with Gasteiger partial charge in [-0.2, -0.15) is 0 Å². The van der Waals surface area contributed by atoms with Crippen LogP contribution in [0.25, 0.3) is 0 Å². The van der Waals surface area contributed by atoms with Crippen molar-refractivity contribution in [2.45, 2.75) is 25.4 Å². The maximum Gasteiger partial charge on any atom is 0.307 e. The fourth-order valence-corrected chi connectivity index (χ4v) is 2.76. The summed E-state index contributed by atoms with van der Waals surface area (Å²) in [5, 5.41) is 9.32. The van der Waals surface area contributed by atoms with Crippen LogP contribution in [0.4, 0.5) is 0 Å². The smallest absolute Gasteiger partial charge is 0.307 e. The van der Waals surface area contributed by atoms with Crippen LogP contribution in [0, 0.1) is 5.92 Å². The molecule has 2 heterocycles. The van der Waals surface area contributed by atoms with Crippen molar-refractivity contribution in [3.63, 3.8) is 0 Å². The molecular formula is C15H23N3O2. The highest BCUT2D eigenvalue weighted by molar-refractivity contribution is 5.70. The summed E-state index contributed by atoms with van der Waals surface area (Å²) in [5.74, 6) is -0.947. The normalized spacial score (nSPS) is 24.6. The lowest BCUT2D eigenvalue weighted by Gasteiger charge is -2.28. The van der Waals surface area contributed by atoms with Crippen molar-refractivity contribution in [2.24, 2.45) is 5.92 Å². The molecule has 1 aliphatic heterocycles. The van der Waals surface area contributed by atoms with Crippen LogP contribution in [0.2, 0.25) is 0 Å². The molecule has 0 amide bonds. The van der Waals surface area contributed by atoms with Crippen molar-refractivity contribution in [3.05, 3.63) is 30.1 Å². The third-order valence-corrected chi connectivity index (χ3v) is 4.00. The van der Waals surface area contributed by atoms with E-state index in [0.717, 1.165) is 31.5 Å². The maximum absolute atomic E-state index is 11.3. The summed E-state index contributed by atoms with van der Waals surface area (Å²) in [6, 6.07) is 4.37. The van der Waals surface area contributed by atoms with Gasteiger partial charge in [0.05, 0.1) is 5.92 Å². The number of aromatic nitrogens is 1. The molecule has 1 N–H and O–H groups in total. The third-order valence-electron chi connectivity index (χ3n) is 4.00. The minimum Gasteiger partial charge on any atom is -0.481 e. The fourth-order valence-electron chi connectivity index (χ4n) is 2.76. The molecule has 2 rings (SSSR count). The lowest BCUT2D eigenvalue weighted by molar-refractivity contribution is -0.142. The van der Waals surface area contributed by atoms with E-state index in [9.17, 15) is 9.90 Å². The number of aliphatic carboxylic acids is 1. The van der Waals surface area contributed by atoms with Crippen molar-refractivity contribution >= 4 is 5.97 Å². The number of hydrogen-bond donors (Lipinski definition) is 1. The van der Waals surface area contributed by atoms with Crippen LogP contribution in [-0.4, -0.2) is 59.1 Å². The van der Waals surface area contributed by atoms with Crippen LogP contribution >= 0.6 is 0 Å². The van der Waals surface area contributed by atoms with Crippen LogP contribution in [0.1, 0.15) is 18.4 Å². The number of nitrogens with zero attached hydrogens (tertiary/aromatic N) is 3. The van der Waals surface area contributed by atoms with Gasteiger partial charge >= 0.3 is 5.97 Å². The molecular weight excluding hydrogens is 254 g/mol. The summed E-state index contributed by atoms with van der Waals surface area (Å²) in [4.78, 5) is 19.9. The fraction of sp³-hybridized carbons (Fsp3) is 0.600. The molecule has 0 radical (unpaired) electrons. The Morgan fingerprint density at radius 3 is 2.85 bits per heavy atom. The first kappa shape index (κ1) is 14.9. The molecule has 1 aliphatic rings. The van der Waals surface area contributed by atoms with Gasteiger partial charge in [0.1, 0.15) is 0 Å². The van der Waals surface area contributed by atoms with Crippen LogP contribution in [0.5, 0.6) is 0 Å². The van der Waals surface area contributed by atoms with E-state index >= 15 is 0 Å². The molecule has 1 aromatic heterocycles. The second-order valence-electron chi connectivity index (χ2n) is 5.79. The summed E-state index contributed by atoms with van der Waals surface area (Å²) in [5.41, 5.74) is 1.14. The molecule has 0 saturated carbocycles. The first-order valence-electron chi connectivity index (χ1n) is 7.06. The summed E-state index contributed by atoms with van der Waals surface area (Å²) in [6.45, 7) is 2.29. The zero-order valence-corrected chi connectivity index (χ0v) is 12.2. The average molecular weight is 277 g/mol. The van der Waals surface area contributed by atoms with Gasteiger partial charge in [0.25, 0.3) is 0 Å². The summed E-state index contributed by atoms with van der Waals surface area (Å²) >= 11 is 0. The summed E-state index contributed by atoms with van der Waals surface area (Å²) < 4.78 is 0. The minimum absolute atomic E-state index is 0.267. The zero-order chi connectivity index (χ0) is 14.5. The van der Waals surface area contributed by atoms with Crippen LogP contribution in [0.15, 0.2) is 24.5 Å². The van der Waals surface area contributed by atoms with Gasteiger partial charge in [0.15, 0.2) is 0 Å². The van der Waals surface area contributed by atoms with Gasteiger partial charge in [0.2, 0.25) is 0 Å². The van der Waals surface area contributed by atoms with Gasteiger partial charge < -0.3 is 10.0 Å². The molecule has 2 atom stereocenters. The van der Waals surface area contributed by atoms with Gasteiger partial charge in [0, 0.05) is 38.1 Å². The van der Waals surface area contributed by atoms with Crippen LogP contribution in [-0.2, 0) is 11.3 Å². The Labute approximate surface area is 120 Å². The second kappa shape index (κ2) is 6.81. The zero-order valence-electron chi connectivity index (χ0n) is 12.2. The molecule has 1 aromatic rings. The van der Waals surface area contributed by atoms with E-state index in [4.69, 9.17) is 0 Å². The van der Waals surface area contributed by atoms with Crippen LogP contribution < -0.4 is 0 Å². The molecule has 0 unspecified atom stereocenters. The van der Waals surface area contributed by atoms with Gasteiger partial charge in [-0.15, -0.1) is 0 Å². The third kappa shape index (κ3) is 4.02. The van der Waals surface area contributed by atoms with Gasteiger partial charge in [-0.3, -0.25) is 14.7 Å². The van der Waals surface area contributed by atoms with Crippen molar-refractivity contribution in [3.8, 4) is 0 Å². The predicted octanol–water partition coefficient (Wildman–Crippen LogP) is 1.31. The number of likely N-dealkylation sites (tertiary alicyclic amines) is 1. The van der Waals surface area contributed by atoms with E-state index in [2.05, 4.69) is 28.9 Å². The number of carbonyl (C=O) groups is 1. The Kier molecular flexibility index (Phi) is 5.09. The van der Waals surface area contributed by atoms with Crippen molar-refractivity contribution < 1.29 is 9.90 Å². The summed E-state index contributed by atoms with van der Waals surface area (Å²) in [6.07, 6.45) is 5.30. The van der Waals surface area contributed by atoms with E-state index in [0.29, 0.717) is 12.6 Å². The minimum atomic E-state index is -0.680. The highest BCUT2D eigenvalue weighted by Crippen LogP contribution is 2.21. The molecule has 5 nitrogen and oxygen atoms in total. The van der Waals surface area contributed by atoms with E-state index in [1.165, 1.54) is 0 Å². The Bertz CT molecular complexity index is 436.